The zero-order chi connectivity index (χ0) is 18.6. The average Bonchev–Trinajstić information content (AvgIpc) is 2.95. The van der Waals surface area contributed by atoms with Crippen LogP contribution in [0.5, 0.6) is 0 Å². The lowest BCUT2D eigenvalue weighted by molar-refractivity contribution is -0.164. The molecular weight excluding hydrogens is 312 g/mol. The maximum atomic E-state index is 2.75. The summed E-state index contributed by atoms with van der Waals surface area (Å²) in [6.45, 7) is 12.9. The summed E-state index contributed by atoms with van der Waals surface area (Å²) in [5, 5.41) is 0. The predicted octanol–water partition coefficient (Wildman–Crippen LogP) is 8.25. The molecule has 0 nitrogen and oxygen atoms in total. The molecule has 0 N–H and O–H groups in total. The van der Waals surface area contributed by atoms with E-state index in [4.69, 9.17) is 0 Å². The number of hydrogen-bond donors (Lipinski definition) is 0. The number of rotatable bonds is 4. The minimum Gasteiger partial charge on any atom is -0.0654 e. The van der Waals surface area contributed by atoms with Crippen molar-refractivity contribution in [1.29, 1.82) is 0 Å². The summed E-state index contributed by atoms with van der Waals surface area (Å²) in [6, 6.07) is 0. The SMILES string of the molecule is CCCC1CCC2C3CCC4(C)C[C@H](C)CCC4(C)C3CCC12CCC. The van der Waals surface area contributed by atoms with Gasteiger partial charge in [0.25, 0.3) is 0 Å². The lowest BCUT2D eigenvalue weighted by atomic mass is 9.39. The third-order valence-corrected chi connectivity index (χ3v) is 10.9. The van der Waals surface area contributed by atoms with Crippen LogP contribution >= 0.6 is 0 Å². The van der Waals surface area contributed by atoms with Gasteiger partial charge < -0.3 is 0 Å². The molecule has 4 saturated carbocycles. The van der Waals surface area contributed by atoms with Crippen LogP contribution in [0.3, 0.4) is 0 Å². The summed E-state index contributed by atoms with van der Waals surface area (Å²) in [7, 11) is 0. The molecule has 4 aliphatic carbocycles. The highest BCUT2D eigenvalue weighted by Gasteiger charge is 2.63. The summed E-state index contributed by atoms with van der Waals surface area (Å²) in [4.78, 5) is 0. The Bertz CT molecular complexity index is 508. The number of fused-ring (bicyclic) bond motifs is 5. The molecule has 0 saturated heterocycles. The topological polar surface area (TPSA) is 0 Å². The molecule has 0 aromatic rings. The Morgan fingerprint density at radius 2 is 1.62 bits per heavy atom. The van der Waals surface area contributed by atoms with Gasteiger partial charge in [0.2, 0.25) is 0 Å². The van der Waals surface area contributed by atoms with E-state index in [9.17, 15) is 0 Å². The van der Waals surface area contributed by atoms with Crippen molar-refractivity contribution in [3.05, 3.63) is 0 Å². The molecule has 0 spiro atoms. The minimum atomic E-state index is 0.637. The standard InChI is InChI=1S/C26H46/c1-6-8-20-9-10-23-21-12-15-24(4)18-19(3)11-16-25(24,5)22(21)13-17-26(20,23)14-7-2/h19-23H,6-18H2,1-5H3/t19-,20?,21?,22?,23?,24?,25?,26?/m1/s1. The number of hydrogen-bond acceptors (Lipinski definition) is 0. The smallest absolute Gasteiger partial charge is 0.0238 e. The Labute approximate surface area is 164 Å². The van der Waals surface area contributed by atoms with Crippen molar-refractivity contribution in [2.45, 2.75) is 118 Å². The molecule has 150 valence electrons. The van der Waals surface area contributed by atoms with Gasteiger partial charge in [0.1, 0.15) is 0 Å². The van der Waals surface area contributed by atoms with Gasteiger partial charge in [0.15, 0.2) is 0 Å². The van der Waals surface area contributed by atoms with Crippen LogP contribution in [-0.4, -0.2) is 0 Å². The quantitative estimate of drug-likeness (QED) is 0.474. The molecule has 0 aromatic carbocycles. The van der Waals surface area contributed by atoms with Gasteiger partial charge in [0, 0.05) is 0 Å². The molecule has 0 aliphatic heterocycles. The second kappa shape index (κ2) is 6.81. The second-order valence-corrected chi connectivity index (χ2v) is 11.8. The van der Waals surface area contributed by atoms with Crippen LogP contribution in [0, 0.1) is 45.8 Å². The zero-order valence-electron chi connectivity index (χ0n) is 18.6. The van der Waals surface area contributed by atoms with Crippen LogP contribution in [0.25, 0.3) is 0 Å². The summed E-state index contributed by atoms with van der Waals surface area (Å²) in [5.41, 5.74) is 2.03. The third-order valence-electron chi connectivity index (χ3n) is 10.9. The van der Waals surface area contributed by atoms with Gasteiger partial charge in [0.05, 0.1) is 0 Å². The first-order valence-corrected chi connectivity index (χ1v) is 12.4. The lowest BCUT2D eigenvalue weighted by Gasteiger charge is -2.66. The highest BCUT2D eigenvalue weighted by molar-refractivity contribution is 5.12. The monoisotopic (exact) mass is 358 g/mol. The van der Waals surface area contributed by atoms with Crippen molar-refractivity contribution >= 4 is 0 Å². The first kappa shape index (κ1) is 19.3. The minimum absolute atomic E-state index is 0.637. The van der Waals surface area contributed by atoms with E-state index in [2.05, 4.69) is 34.6 Å². The van der Waals surface area contributed by atoms with Crippen molar-refractivity contribution in [2.75, 3.05) is 0 Å². The predicted molar refractivity (Wildman–Crippen MR) is 113 cm³/mol. The van der Waals surface area contributed by atoms with Crippen LogP contribution in [0.2, 0.25) is 0 Å². The van der Waals surface area contributed by atoms with Gasteiger partial charge >= 0.3 is 0 Å². The fraction of sp³-hybridized carbons (Fsp3) is 1.00. The van der Waals surface area contributed by atoms with Crippen molar-refractivity contribution < 1.29 is 0 Å². The van der Waals surface area contributed by atoms with E-state index in [1.165, 1.54) is 51.4 Å². The summed E-state index contributed by atoms with van der Waals surface area (Å²) in [6.07, 6.45) is 19.8. The van der Waals surface area contributed by atoms with Crippen LogP contribution in [0.1, 0.15) is 118 Å². The molecule has 0 aromatic heterocycles. The molecule has 26 heavy (non-hydrogen) atoms. The molecule has 7 unspecified atom stereocenters. The van der Waals surface area contributed by atoms with Crippen LogP contribution in [0.15, 0.2) is 0 Å². The summed E-state index contributed by atoms with van der Waals surface area (Å²) in [5.74, 6) is 5.23. The van der Waals surface area contributed by atoms with Gasteiger partial charge in [-0.1, -0.05) is 60.3 Å². The summed E-state index contributed by atoms with van der Waals surface area (Å²) >= 11 is 0. The van der Waals surface area contributed by atoms with Crippen molar-refractivity contribution in [2.24, 2.45) is 45.8 Å². The highest BCUT2D eigenvalue weighted by atomic mass is 14.7. The van der Waals surface area contributed by atoms with Crippen LogP contribution in [-0.2, 0) is 0 Å². The van der Waals surface area contributed by atoms with Crippen LogP contribution in [0.4, 0.5) is 0 Å². The maximum absolute atomic E-state index is 2.75. The second-order valence-electron chi connectivity index (χ2n) is 11.8. The van der Waals surface area contributed by atoms with Gasteiger partial charge in [-0.25, -0.2) is 0 Å². The maximum Gasteiger partial charge on any atom is -0.0238 e. The summed E-state index contributed by atoms with van der Waals surface area (Å²) < 4.78 is 0. The molecule has 4 fully saturated rings. The van der Waals surface area contributed by atoms with Crippen molar-refractivity contribution in [1.82, 2.24) is 0 Å². The Morgan fingerprint density at radius 3 is 2.35 bits per heavy atom. The van der Waals surface area contributed by atoms with Gasteiger partial charge in [-0.15, -0.1) is 0 Å². The average molecular weight is 359 g/mol. The molecule has 0 amide bonds. The Balaban J connectivity index is 1.64. The molecule has 0 heterocycles. The van der Waals surface area contributed by atoms with E-state index < -0.39 is 0 Å². The Kier molecular flexibility index (Phi) is 5.06. The van der Waals surface area contributed by atoms with Crippen LogP contribution < -0.4 is 0 Å². The molecule has 0 radical (unpaired) electrons. The fourth-order valence-electron chi connectivity index (χ4n) is 9.62. The largest absolute Gasteiger partial charge is 0.0654 e. The molecule has 4 aliphatic rings. The fourth-order valence-corrected chi connectivity index (χ4v) is 9.62. The highest BCUT2D eigenvalue weighted by Crippen LogP contribution is 2.72. The van der Waals surface area contributed by atoms with E-state index in [1.807, 2.05) is 0 Å². The van der Waals surface area contributed by atoms with Gasteiger partial charge in [-0.3, -0.25) is 0 Å². The molecule has 8 atom stereocenters. The van der Waals surface area contributed by atoms with E-state index in [1.54, 1.807) is 32.1 Å². The molecular formula is C26H46. The Morgan fingerprint density at radius 1 is 0.808 bits per heavy atom. The van der Waals surface area contributed by atoms with Gasteiger partial charge in [-0.05, 0) is 104 Å². The zero-order valence-corrected chi connectivity index (χ0v) is 18.6. The third kappa shape index (κ3) is 2.59. The molecule has 4 rings (SSSR count). The van der Waals surface area contributed by atoms with Crippen molar-refractivity contribution in [3.8, 4) is 0 Å². The lowest BCUT2D eigenvalue weighted by Crippen LogP contribution is -2.57. The van der Waals surface area contributed by atoms with E-state index >= 15 is 0 Å². The van der Waals surface area contributed by atoms with E-state index in [-0.39, 0.29) is 0 Å². The first-order chi connectivity index (χ1) is 12.4. The Hall–Kier alpha value is 0. The van der Waals surface area contributed by atoms with E-state index in [0.717, 1.165) is 35.0 Å². The van der Waals surface area contributed by atoms with E-state index in [0.29, 0.717) is 10.8 Å². The molecule has 0 heteroatoms. The normalized spacial score (nSPS) is 53.7. The van der Waals surface area contributed by atoms with Gasteiger partial charge in [-0.2, -0.15) is 0 Å². The van der Waals surface area contributed by atoms with Crippen molar-refractivity contribution in [3.63, 3.8) is 0 Å². The molecule has 0 bridgehead atoms. The first-order valence-electron chi connectivity index (χ1n) is 12.4.